The molecular weight excluding hydrogens is 226 g/mol. The number of benzene rings is 1. The molecule has 1 N–H and O–H groups in total. The van der Waals surface area contributed by atoms with Crippen LogP contribution in [-0.2, 0) is 15.9 Å². The van der Waals surface area contributed by atoms with Crippen molar-refractivity contribution in [1.82, 2.24) is 5.32 Å². The van der Waals surface area contributed by atoms with Gasteiger partial charge in [-0.15, -0.1) is 0 Å². The van der Waals surface area contributed by atoms with Gasteiger partial charge in [0.05, 0.1) is 19.8 Å². The van der Waals surface area contributed by atoms with Gasteiger partial charge < -0.3 is 14.8 Å². The Morgan fingerprint density at radius 3 is 2.44 bits per heavy atom. The maximum Gasteiger partial charge on any atom is 0.0700 e. The molecule has 1 aromatic rings. The molecule has 1 rings (SSSR count). The Bertz CT molecular complexity index is 311. The van der Waals surface area contributed by atoms with Crippen LogP contribution >= 0.6 is 0 Å². The lowest BCUT2D eigenvalue weighted by atomic mass is 10.1. The van der Waals surface area contributed by atoms with Gasteiger partial charge in [0.25, 0.3) is 0 Å². The molecule has 3 heteroatoms. The summed E-state index contributed by atoms with van der Waals surface area (Å²) in [4.78, 5) is 0. The highest BCUT2D eigenvalue weighted by Gasteiger charge is 2.03. The van der Waals surface area contributed by atoms with Crippen molar-refractivity contribution in [2.75, 3.05) is 33.5 Å². The number of aryl methyl sites for hydroxylation is 1. The third kappa shape index (κ3) is 5.63. The van der Waals surface area contributed by atoms with Crippen molar-refractivity contribution in [2.24, 2.45) is 0 Å². The van der Waals surface area contributed by atoms with Gasteiger partial charge in [0.15, 0.2) is 0 Å². The molecule has 1 aromatic carbocycles. The lowest BCUT2D eigenvalue weighted by Crippen LogP contribution is -2.23. The van der Waals surface area contributed by atoms with Crippen molar-refractivity contribution < 1.29 is 9.47 Å². The molecule has 0 saturated carbocycles. The molecule has 0 amide bonds. The van der Waals surface area contributed by atoms with Gasteiger partial charge in [-0.25, -0.2) is 0 Å². The van der Waals surface area contributed by atoms with E-state index in [1.54, 1.807) is 7.11 Å². The largest absolute Gasteiger partial charge is 0.382 e. The van der Waals surface area contributed by atoms with Crippen molar-refractivity contribution >= 4 is 0 Å². The van der Waals surface area contributed by atoms with Crippen LogP contribution in [0.15, 0.2) is 24.3 Å². The van der Waals surface area contributed by atoms with Gasteiger partial charge in [0.1, 0.15) is 0 Å². The monoisotopic (exact) mass is 251 g/mol. The summed E-state index contributed by atoms with van der Waals surface area (Å²) >= 11 is 0. The van der Waals surface area contributed by atoms with E-state index < -0.39 is 0 Å². The predicted octanol–water partition coefficient (Wildman–Crippen LogP) is 2.56. The minimum absolute atomic E-state index is 0.363. The molecule has 0 aliphatic rings. The average molecular weight is 251 g/mol. The summed E-state index contributed by atoms with van der Waals surface area (Å²) in [7, 11) is 1.68. The molecule has 0 aliphatic carbocycles. The highest BCUT2D eigenvalue weighted by atomic mass is 16.5. The Morgan fingerprint density at radius 1 is 1.11 bits per heavy atom. The number of rotatable bonds is 9. The second kappa shape index (κ2) is 9.09. The molecule has 102 valence electrons. The molecule has 0 spiro atoms. The normalized spacial score (nSPS) is 12.6. The third-order valence-electron chi connectivity index (χ3n) is 3.02. The molecule has 0 aliphatic heterocycles. The Kier molecular flexibility index (Phi) is 7.65. The van der Waals surface area contributed by atoms with Gasteiger partial charge in [-0.05, 0) is 24.5 Å². The van der Waals surface area contributed by atoms with Gasteiger partial charge >= 0.3 is 0 Å². The van der Waals surface area contributed by atoms with Crippen molar-refractivity contribution in [3.63, 3.8) is 0 Å². The van der Waals surface area contributed by atoms with Crippen LogP contribution in [-0.4, -0.2) is 33.5 Å². The van der Waals surface area contributed by atoms with Crippen LogP contribution < -0.4 is 5.32 Å². The van der Waals surface area contributed by atoms with Gasteiger partial charge in [-0.3, -0.25) is 0 Å². The van der Waals surface area contributed by atoms with E-state index in [1.807, 2.05) is 0 Å². The molecule has 1 atom stereocenters. The zero-order chi connectivity index (χ0) is 13.2. The molecule has 1 unspecified atom stereocenters. The molecule has 18 heavy (non-hydrogen) atoms. The summed E-state index contributed by atoms with van der Waals surface area (Å²) in [5.74, 6) is 0. The molecule has 0 bridgehead atoms. The Morgan fingerprint density at radius 2 is 1.83 bits per heavy atom. The second-order valence-electron chi connectivity index (χ2n) is 4.38. The Hall–Kier alpha value is -0.900. The van der Waals surface area contributed by atoms with E-state index in [9.17, 15) is 0 Å². The lowest BCUT2D eigenvalue weighted by Gasteiger charge is -2.14. The zero-order valence-electron chi connectivity index (χ0n) is 11.7. The van der Waals surface area contributed by atoms with Crippen LogP contribution in [0.2, 0.25) is 0 Å². The average Bonchev–Trinajstić information content (AvgIpc) is 2.42. The van der Waals surface area contributed by atoms with Crippen LogP contribution in [0.4, 0.5) is 0 Å². The highest BCUT2D eigenvalue weighted by molar-refractivity contribution is 5.24. The first-order valence-electron chi connectivity index (χ1n) is 6.66. The van der Waals surface area contributed by atoms with Crippen LogP contribution in [0.1, 0.15) is 31.0 Å². The standard InChI is InChI=1S/C15H25NO2/c1-4-14-5-7-15(8-6-14)13(2)16-9-10-18-12-11-17-3/h5-8,13,16H,4,9-12H2,1-3H3. The van der Waals surface area contributed by atoms with Crippen molar-refractivity contribution in [3.05, 3.63) is 35.4 Å². The van der Waals surface area contributed by atoms with Crippen LogP contribution in [0.3, 0.4) is 0 Å². The molecule has 0 fully saturated rings. The molecule has 0 aromatic heterocycles. The first kappa shape index (κ1) is 15.2. The van der Waals surface area contributed by atoms with E-state index >= 15 is 0 Å². The quantitative estimate of drug-likeness (QED) is 0.684. The molecule has 0 heterocycles. The van der Waals surface area contributed by atoms with Crippen molar-refractivity contribution in [1.29, 1.82) is 0 Å². The van der Waals surface area contributed by atoms with Gasteiger partial charge in [0.2, 0.25) is 0 Å². The third-order valence-corrected chi connectivity index (χ3v) is 3.02. The minimum Gasteiger partial charge on any atom is -0.382 e. The zero-order valence-corrected chi connectivity index (χ0v) is 11.7. The molecule has 0 saturated heterocycles. The maximum absolute atomic E-state index is 5.41. The first-order chi connectivity index (χ1) is 8.77. The van der Waals surface area contributed by atoms with Crippen LogP contribution in [0.5, 0.6) is 0 Å². The van der Waals surface area contributed by atoms with Gasteiger partial charge in [-0.1, -0.05) is 31.2 Å². The fraction of sp³-hybridized carbons (Fsp3) is 0.600. The number of methoxy groups -OCH3 is 1. The van der Waals surface area contributed by atoms with Crippen LogP contribution in [0.25, 0.3) is 0 Å². The maximum atomic E-state index is 5.41. The lowest BCUT2D eigenvalue weighted by molar-refractivity contribution is 0.0712. The fourth-order valence-electron chi connectivity index (χ4n) is 1.75. The summed E-state index contributed by atoms with van der Waals surface area (Å²) in [5, 5.41) is 3.45. The van der Waals surface area contributed by atoms with Gasteiger partial charge in [-0.2, -0.15) is 0 Å². The van der Waals surface area contributed by atoms with Crippen molar-refractivity contribution in [3.8, 4) is 0 Å². The van der Waals surface area contributed by atoms with E-state index in [1.165, 1.54) is 11.1 Å². The molecule has 0 radical (unpaired) electrons. The smallest absolute Gasteiger partial charge is 0.0700 e. The second-order valence-corrected chi connectivity index (χ2v) is 4.38. The van der Waals surface area contributed by atoms with E-state index in [2.05, 4.69) is 43.4 Å². The topological polar surface area (TPSA) is 30.5 Å². The van der Waals surface area contributed by atoms with Gasteiger partial charge in [0, 0.05) is 19.7 Å². The summed E-state index contributed by atoms with van der Waals surface area (Å²) in [6.07, 6.45) is 1.09. The number of ether oxygens (including phenoxy) is 2. The number of hydrogen-bond donors (Lipinski definition) is 1. The predicted molar refractivity (Wildman–Crippen MR) is 74.9 cm³/mol. The number of hydrogen-bond acceptors (Lipinski definition) is 3. The fourth-order valence-corrected chi connectivity index (χ4v) is 1.75. The van der Waals surface area contributed by atoms with E-state index in [0.717, 1.165) is 19.6 Å². The van der Waals surface area contributed by atoms with Crippen molar-refractivity contribution in [2.45, 2.75) is 26.3 Å². The minimum atomic E-state index is 0.363. The SMILES string of the molecule is CCc1ccc(C(C)NCCOCCOC)cc1. The Balaban J connectivity index is 2.21. The summed E-state index contributed by atoms with van der Waals surface area (Å²) < 4.78 is 10.3. The highest BCUT2D eigenvalue weighted by Crippen LogP contribution is 2.13. The number of nitrogens with one attached hydrogen (secondary N) is 1. The Labute approximate surface area is 110 Å². The summed E-state index contributed by atoms with van der Waals surface area (Å²) in [5.41, 5.74) is 2.71. The summed E-state index contributed by atoms with van der Waals surface area (Å²) in [6, 6.07) is 9.15. The van der Waals surface area contributed by atoms with Crippen LogP contribution in [0, 0.1) is 0 Å². The van der Waals surface area contributed by atoms with E-state index in [-0.39, 0.29) is 0 Å². The van der Waals surface area contributed by atoms with E-state index in [0.29, 0.717) is 19.3 Å². The molecule has 3 nitrogen and oxygen atoms in total. The van der Waals surface area contributed by atoms with E-state index in [4.69, 9.17) is 9.47 Å². The summed E-state index contributed by atoms with van der Waals surface area (Å²) in [6.45, 7) is 7.26. The first-order valence-corrected chi connectivity index (χ1v) is 6.66. The molecular formula is C15H25NO2.